The van der Waals surface area contributed by atoms with Crippen LogP contribution in [0.2, 0.25) is 0 Å². The highest BCUT2D eigenvalue weighted by molar-refractivity contribution is 7.91. The second-order valence-corrected chi connectivity index (χ2v) is 8.11. The summed E-state index contributed by atoms with van der Waals surface area (Å²) in [7, 11) is -2.31. The zero-order chi connectivity index (χ0) is 17.5. The molecule has 1 atom stereocenters. The van der Waals surface area contributed by atoms with Crippen LogP contribution in [-0.2, 0) is 20.0 Å². The maximum atomic E-state index is 12.8. The highest BCUT2D eigenvalue weighted by Gasteiger charge is 2.48. The lowest BCUT2D eigenvalue weighted by atomic mass is 9.77. The number of carbonyl (C=O) groups is 2. The van der Waals surface area contributed by atoms with E-state index in [-0.39, 0.29) is 4.90 Å². The number of likely N-dealkylation sites (N-methyl/N-ethyl adjacent to an activating group) is 1. The van der Waals surface area contributed by atoms with Gasteiger partial charge in [0.25, 0.3) is 5.91 Å². The van der Waals surface area contributed by atoms with Crippen molar-refractivity contribution >= 4 is 21.7 Å². The number of hydrogen-bond donors (Lipinski definition) is 0. The minimum Gasteiger partial charge on any atom is -0.281 e. The van der Waals surface area contributed by atoms with E-state index < -0.39 is 32.8 Å². The second kappa shape index (κ2) is 5.56. The molecule has 2 aromatic rings. The lowest BCUT2D eigenvalue weighted by molar-refractivity contribution is -0.132. The number of rotatable bonds is 3. The third-order valence-corrected chi connectivity index (χ3v) is 6.36. The van der Waals surface area contributed by atoms with Crippen LogP contribution in [0.5, 0.6) is 0 Å². The number of benzene rings is 2. The van der Waals surface area contributed by atoms with E-state index in [1.807, 2.05) is 0 Å². The zero-order valence-electron chi connectivity index (χ0n) is 13.4. The van der Waals surface area contributed by atoms with Crippen molar-refractivity contribution in [3.8, 4) is 0 Å². The van der Waals surface area contributed by atoms with Gasteiger partial charge in [0.05, 0.1) is 16.1 Å². The molecule has 0 aromatic heterocycles. The molecular formula is C18H17NO4S. The smallest absolute Gasteiger partial charge is 0.260 e. The fourth-order valence-corrected chi connectivity index (χ4v) is 4.92. The Morgan fingerprint density at radius 3 is 2.21 bits per heavy atom. The Labute approximate surface area is 140 Å². The van der Waals surface area contributed by atoms with Crippen LogP contribution >= 0.6 is 0 Å². The SMILES string of the molecule is CN1C(=O)c2ccccc2C(C)(CS(=O)(=O)c2ccccc2)C1=O. The van der Waals surface area contributed by atoms with Crippen molar-refractivity contribution in [1.82, 2.24) is 4.90 Å². The molecule has 0 saturated carbocycles. The molecule has 1 unspecified atom stereocenters. The number of amides is 2. The monoisotopic (exact) mass is 343 g/mol. The summed E-state index contributed by atoms with van der Waals surface area (Å²) in [4.78, 5) is 26.2. The van der Waals surface area contributed by atoms with Gasteiger partial charge in [0.1, 0.15) is 0 Å². The fourth-order valence-electron chi connectivity index (χ4n) is 3.14. The van der Waals surface area contributed by atoms with Gasteiger partial charge < -0.3 is 0 Å². The van der Waals surface area contributed by atoms with Gasteiger partial charge in [-0.1, -0.05) is 36.4 Å². The van der Waals surface area contributed by atoms with Crippen molar-refractivity contribution < 1.29 is 18.0 Å². The van der Waals surface area contributed by atoms with Crippen LogP contribution in [0.4, 0.5) is 0 Å². The van der Waals surface area contributed by atoms with Gasteiger partial charge in [-0.3, -0.25) is 14.5 Å². The summed E-state index contributed by atoms with van der Waals surface area (Å²) in [6, 6.07) is 14.7. The number of hydrogen-bond acceptors (Lipinski definition) is 4. The van der Waals surface area contributed by atoms with Gasteiger partial charge in [0.2, 0.25) is 5.91 Å². The molecule has 0 saturated heterocycles. The molecule has 0 bridgehead atoms. The van der Waals surface area contributed by atoms with Crippen molar-refractivity contribution in [2.24, 2.45) is 0 Å². The number of nitrogens with zero attached hydrogens (tertiary/aromatic N) is 1. The minimum absolute atomic E-state index is 0.163. The molecule has 2 aromatic carbocycles. The van der Waals surface area contributed by atoms with Crippen LogP contribution in [0, 0.1) is 0 Å². The Hall–Kier alpha value is -2.47. The first kappa shape index (κ1) is 16.4. The lowest BCUT2D eigenvalue weighted by Crippen LogP contribution is -2.54. The highest BCUT2D eigenvalue weighted by atomic mass is 32.2. The quantitative estimate of drug-likeness (QED) is 0.800. The van der Waals surface area contributed by atoms with E-state index in [1.54, 1.807) is 49.4 Å². The lowest BCUT2D eigenvalue weighted by Gasteiger charge is -2.37. The van der Waals surface area contributed by atoms with E-state index in [1.165, 1.54) is 19.2 Å². The van der Waals surface area contributed by atoms with E-state index in [9.17, 15) is 18.0 Å². The molecule has 6 heteroatoms. The first-order chi connectivity index (χ1) is 11.3. The van der Waals surface area contributed by atoms with Crippen molar-refractivity contribution in [3.05, 3.63) is 65.7 Å². The topological polar surface area (TPSA) is 71.5 Å². The summed E-state index contributed by atoms with van der Waals surface area (Å²) in [5.41, 5.74) is -0.489. The van der Waals surface area contributed by atoms with Gasteiger partial charge >= 0.3 is 0 Å². The Bertz CT molecular complexity index is 921. The molecule has 0 spiro atoms. The molecule has 0 N–H and O–H groups in total. The van der Waals surface area contributed by atoms with E-state index in [2.05, 4.69) is 0 Å². The van der Waals surface area contributed by atoms with Crippen molar-refractivity contribution in [2.45, 2.75) is 17.2 Å². The summed E-state index contributed by atoms with van der Waals surface area (Å²) < 4.78 is 25.6. The molecule has 0 fully saturated rings. The predicted octanol–water partition coefficient (Wildman–Crippen LogP) is 2.03. The van der Waals surface area contributed by atoms with Gasteiger partial charge in [0, 0.05) is 12.6 Å². The third kappa shape index (κ3) is 2.43. The Balaban J connectivity index is 2.14. The second-order valence-electron chi connectivity index (χ2n) is 6.12. The molecule has 3 rings (SSSR count). The minimum atomic E-state index is -3.69. The van der Waals surface area contributed by atoms with E-state index in [0.29, 0.717) is 11.1 Å². The third-order valence-electron chi connectivity index (χ3n) is 4.41. The first-order valence-corrected chi connectivity index (χ1v) is 9.12. The molecule has 24 heavy (non-hydrogen) atoms. The molecule has 124 valence electrons. The van der Waals surface area contributed by atoms with Gasteiger partial charge in [-0.25, -0.2) is 8.42 Å². The summed E-state index contributed by atoms with van der Waals surface area (Å²) in [6.07, 6.45) is 0. The van der Waals surface area contributed by atoms with Crippen LogP contribution in [-0.4, -0.2) is 37.9 Å². The molecule has 0 radical (unpaired) electrons. The van der Waals surface area contributed by atoms with Gasteiger partial charge in [-0.2, -0.15) is 0 Å². The Morgan fingerprint density at radius 1 is 0.958 bits per heavy atom. The molecule has 1 aliphatic heterocycles. The van der Waals surface area contributed by atoms with Gasteiger partial charge in [0.15, 0.2) is 9.84 Å². The first-order valence-electron chi connectivity index (χ1n) is 7.47. The summed E-state index contributed by atoms with van der Waals surface area (Å²) >= 11 is 0. The zero-order valence-corrected chi connectivity index (χ0v) is 14.2. The average molecular weight is 343 g/mol. The van der Waals surface area contributed by atoms with Gasteiger partial charge in [-0.05, 0) is 30.7 Å². The predicted molar refractivity (Wildman–Crippen MR) is 89.4 cm³/mol. The maximum Gasteiger partial charge on any atom is 0.260 e. The molecular weight excluding hydrogens is 326 g/mol. The number of carbonyl (C=O) groups excluding carboxylic acids is 2. The van der Waals surface area contributed by atoms with Crippen LogP contribution in [0.25, 0.3) is 0 Å². The number of sulfone groups is 1. The van der Waals surface area contributed by atoms with Crippen LogP contribution in [0.15, 0.2) is 59.5 Å². The van der Waals surface area contributed by atoms with E-state index in [0.717, 1.165) is 4.90 Å². The number of imide groups is 1. The standard InChI is InChI=1S/C18H17NO4S/c1-18(12-24(22,23)13-8-4-3-5-9-13)15-11-7-6-10-14(15)16(20)19(2)17(18)21/h3-11H,12H2,1-2H3. The molecule has 1 aliphatic rings. The van der Waals surface area contributed by atoms with Crippen LogP contribution in [0.3, 0.4) is 0 Å². The Kier molecular flexibility index (Phi) is 3.80. The average Bonchev–Trinajstić information content (AvgIpc) is 2.59. The van der Waals surface area contributed by atoms with E-state index >= 15 is 0 Å². The highest BCUT2D eigenvalue weighted by Crippen LogP contribution is 2.36. The fraction of sp³-hybridized carbons (Fsp3) is 0.222. The number of fused-ring (bicyclic) bond motifs is 1. The van der Waals surface area contributed by atoms with E-state index in [4.69, 9.17) is 0 Å². The maximum absolute atomic E-state index is 12.8. The summed E-state index contributed by atoms with van der Waals surface area (Å²) in [5.74, 6) is -1.31. The molecule has 1 heterocycles. The normalized spacial score (nSPS) is 20.8. The molecule has 0 aliphatic carbocycles. The Morgan fingerprint density at radius 2 is 1.54 bits per heavy atom. The molecule has 5 nitrogen and oxygen atoms in total. The van der Waals surface area contributed by atoms with Crippen LogP contribution < -0.4 is 0 Å². The van der Waals surface area contributed by atoms with Gasteiger partial charge in [-0.15, -0.1) is 0 Å². The van der Waals surface area contributed by atoms with Crippen molar-refractivity contribution in [2.75, 3.05) is 12.8 Å². The van der Waals surface area contributed by atoms with Crippen molar-refractivity contribution in [3.63, 3.8) is 0 Å². The largest absolute Gasteiger partial charge is 0.281 e. The van der Waals surface area contributed by atoms with Crippen LogP contribution in [0.1, 0.15) is 22.8 Å². The van der Waals surface area contributed by atoms with Crippen molar-refractivity contribution in [1.29, 1.82) is 0 Å². The summed E-state index contributed by atoms with van der Waals surface area (Å²) in [6.45, 7) is 1.58. The summed E-state index contributed by atoms with van der Waals surface area (Å²) in [5, 5.41) is 0. The molecule has 2 amide bonds.